The summed E-state index contributed by atoms with van der Waals surface area (Å²) in [5.74, 6) is -1.76. The van der Waals surface area contributed by atoms with E-state index in [1.807, 2.05) is 0 Å². The largest absolute Gasteiger partial charge is 0.419 e. The lowest BCUT2D eigenvalue weighted by atomic mass is 10.1. The Hall–Kier alpha value is -3.94. The number of hydrogen-bond donors (Lipinski definition) is 1. The van der Waals surface area contributed by atoms with Crippen molar-refractivity contribution in [2.45, 2.75) is 19.5 Å². The summed E-state index contributed by atoms with van der Waals surface area (Å²) in [7, 11) is 2.75. The fourth-order valence-corrected chi connectivity index (χ4v) is 4.19. The number of nitrogens with zero attached hydrogens (tertiary/aromatic N) is 5. The quantitative estimate of drug-likeness (QED) is 0.425. The Morgan fingerprint density at radius 1 is 1.11 bits per heavy atom. The Morgan fingerprint density at radius 2 is 1.83 bits per heavy atom. The van der Waals surface area contributed by atoms with E-state index in [-0.39, 0.29) is 45.4 Å². The summed E-state index contributed by atoms with van der Waals surface area (Å²) in [4.78, 5) is 50.0. The number of aromatic nitrogens is 5. The molecule has 0 aliphatic rings. The van der Waals surface area contributed by atoms with Gasteiger partial charge in [-0.05, 0) is 19.1 Å². The molecule has 0 aliphatic heterocycles. The number of benzene rings is 1. The minimum absolute atomic E-state index is 0.0235. The van der Waals surface area contributed by atoms with Crippen molar-refractivity contribution >= 4 is 33.4 Å². The second-order valence-electron chi connectivity index (χ2n) is 7.58. The molecular formula is C21H16F4N6O3S. The van der Waals surface area contributed by atoms with Gasteiger partial charge in [0.2, 0.25) is 5.91 Å². The first-order valence-corrected chi connectivity index (χ1v) is 10.8. The molecule has 4 aromatic rings. The molecule has 0 saturated heterocycles. The van der Waals surface area contributed by atoms with E-state index < -0.39 is 34.7 Å². The predicted octanol–water partition coefficient (Wildman–Crippen LogP) is 2.80. The fraction of sp³-hybridized carbons (Fsp3) is 0.238. The van der Waals surface area contributed by atoms with Crippen molar-refractivity contribution in [1.82, 2.24) is 24.1 Å². The molecule has 1 aromatic carbocycles. The minimum Gasteiger partial charge on any atom is -0.302 e. The standard InChI is InChI=1S/C21H16F4N6O3S/c1-9-26-13(16-17(27-9)30(2)20(34)31(3)18(16)33)7-15(32)29-19-28-14(8-35-19)10-4-5-11(12(22)6-10)21(23,24)25/h4-6,8H,7H2,1-3H3,(H,28,29,32). The van der Waals surface area contributed by atoms with Gasteiger partial charge in [0.25, 0.3) is 5.56 Å². The van der Waals surface area contributed by atoms with Gasteiger partial charge in [0.15, 0.2) is 10.8 Å². The minimum atomic E-state index is -4.82. The Kier molecular flexibility index (Phi) is 6.00. The highest BCUT2D eigenvalue weighted by Crippen LogP contribution is 2.34. The maximum atomic E-state index is 13.9. The van der Waals surface area contributed by atoms with Crippen molar-refractivity contribution in [3.8, 4) is 11.3 Å². The average molecular weight is 508 g/mol. The SMILES string of the molecule is Cc1nc(CC(=O)Nc2nc(-c3ccc(C(F)(F)F)c(F)c3)cs2)c2c(=O)n(C)c(=O)n(C)c2n1. The Morgan fingerprint density at radius 3 is 2.49 bits per heavy atom. The molecule has 0 atom stereocenters. The topological polar surface area (TPSA) is 112 Å². The molecule has 0 bridgehead atoms. The Bertz CT molecular complexity index is 1610. The highest BCUT2D eigenvalue weighted by atomic mass is 32.1. The third kappa shape index (κ3) is 4.56. The zero-order valence-corrected chi connectivity index (χ0v) is 19.2. The van der Waals surface area contributed by atoms with E-state index in [1.54, 1.807) is 6.92 Å². The van der Waals surface area contributed by atoms with Crippen LogP contribution in [0.15, 0.2) is 33.2 Å². The molecule has 3 heterocycles. The van der Waals surface area contributed by atoms with Gasteiger partial charge in [-0.15, -0.1) is 11.3 Å². The lowest BCUT2D eigenvalue weighted by Crippen LogP contribution is -2.38. The van der Waals surface area contributed by atoms with E-state index in [9.17, 15) is 31.9 Å². The Balaban J connectivity index is 1.60. The van der Waals surface area contributed by atoms with Gasteiger partial charge in [-0.2, -0.15) is 13.2 Å². The molecule has 9 nitrogen and oxygen atoms in total. The number of fused-ring (bicyclic) bond motifs is 1. The van der Waals surface area contributed by atoms with Gasteiger partial charge in [0.05, 0.1) is 23.4 Å². The highest BCUT2D eigenvalue weighted by molar-refractivity contribution is 7.14. The van der Waals surface area contributed by atoms with Crippen molar-refractivity contribution in [1.29, 1.82) is 0 Å². The molecule has 0 spiro atoms. The molecule has 0 radical (unpaired) electrons. The number of rotatable bonds is 4. The molecule has 0 unspecified atom stereocenters. The summed E-state index contributed by atoms with van der Waals surface area (Å²) >= 11 is 0.984. The van der Waals surface area contributed by atoms with E-state index in [4.69, 9.17) is 0 Å². The lowest BCUT2D eigenvalue weighted by molar-refractivity contribution is -0.140. The molecule has 0 fully saturated rings. The second kappa shape index (κ2) is 8.69. The monoisotopic (exact) mass is 508 g/mol. The van der Waals surface area contributed by atoms with Crippen LogP contribution < -0.4 is 16.6 Å². The summed E-state index contributed by atoms with van der Waals surface area (Å²) in [6, 6.07) is 2.43. The van der Waals surface area contributed by atoms with Gasteiger partial charge in [0.1, 0.15) is 17.0 Å². The van der Waals surface area contributed by atoms with Gasteiger partial charge >= 0.3 is 11.9 Å². The smallest absolute Gasteiger partial charge is 0.302 e. The number of halogens is 4. The summed E-state index contributed by atoms with van der Waals surface area (Å²) < 4.78 is 54.3. The first-order valence-electron chi connectivity index (χ1n) is 9.92. The summed E-state index contributed by atoms with van der Waals surface area (Å²) in [6.45, 7) is 1.55. The molecular weight excluding hydrogens is 492 g/mol. The van der Waals surface area contributed by atoms with Gasteiger partial charge in [-0.1, -0.05) is 6.07 Å². The van der Waals surface area contributed by atoms with Gasteiger partial charge < -0.3 is 5.32 Å². The van der Waals surface area contributed by atoms with E-state index >= 15 is 0 Å². The number of aryl methyl sites for hydroxylation is 2. The molecule has 1 amide bonds. The third-order valence-electron chi connectivity index (χ3n) is 5.14. The molecule has 182 valence electrons. The fourth-order valence-electron chi connectivity index (χ4n) is 3.46. The normalized spacial score (nSPS) is 11.7. The van der Waals surface area contributed by atoms with Crippen molar-refractivity contribution in [2.24, 2.45) is 14.1 Å². The van der Waals surface area contributed by atoms with Crippen LogP contribution in [0.5, 0.6) is 0 Å². The van der Waals surface area contributed by atoms with Crippen LogP contribution in [-0.4, -0.2) is 30.0 Å². The molecule has 0 aliphatic carbocycles. The van der Waals surface area contributed by atoms with Crippen LogP contribution in [0.25, 0.3) is 22.3 Å². The van der Waals surface area contributed by atoms with E-state index in [0.29, 0.717) is 6.07 Å². The van der Waals surface area contributed by atoms with Crippen LogP contribution in [-0.2, 0) is 31.5 Å². The predicted molar refractivity (Wildman–Crippen MR) is 120 cm³/mol. The zero-order chi connectivity index (χ0) is 25.7. The number of hydrogen-bond acceptors (Lipinski definition) is 7. The molecule has 1 N–H and O–H groups in total. The van der Waals surface area contributed by atoms with Crippen LogP contribution in [0.1, 0.15) is 17.1 Å². The zero-order valence-electron chi connectivity index (χ0n) is 18.4. The van der Waals surface area contributed by atoms with Gasteiger partial charge in [0, 0.05) is 25.0 Å². The maximum Gasteiger partial charge on any atom is 0.419 e. The van der Waals surface area contributed by atoms with Crippen LogP contribution in [0.2, 0.25) is 0 Å². The number of alkyl halides is 3. The van der Waals surface area contributed by atoms with E-state index in [2.05, 4.69) is 20.3 Å². The number of nitrogens with one attached hydrogen (secondary N) is 1. The summed E-state index contributed by atoms with van der Waals surface area (Å²) in [5.41, 5.74) is -2.13. The van der Waals surface area contributed by atoms with Gasteiger partial charge in [-0.3, -0.25) is 18.7 Å². The number of amides is 1. The third-order valence-corrected chi connectivity index (χ3v) is 5.89. The highest BCUT2D eigenvalue weighted by Gasteiger charge is 2.34. The molecule has 0 saturated carbocycles. The van der Waals surface area contributed by atoms with E-state index in [1.165, 1.54) is 24.0 Å². The Labute approximate surface area is 197 Å². The molecule has 35 heavy (non-hydrogen) atoms. The van der Waals surface area contributed by atoms with Crippen LogP contribution in [0, 0.1) is 12.7 Å². The summed E-state index contributed by atoms with van der Waals surface area (Å²) in [6.07, 6.45) is -5.15. The molecule has 14 heteroatoms. The maximum absolute atomic E-state index is 13.9. The number of carbonyl (C=O) groups is 1. The van der Waals surface area contributed by atoms with Crippen LogP contribution >= 0.6 is 11.3 Å². The number of anilines is 1. The van der Waals surface area contributed by atoms with Crippen LogP contribution in [0.4, 0.5) is 22.7 Å². The first kappa shape index (κ1) is 24.2. The molecule has 4 rings (SSSR count). The first-order chi connectivity index (χ1) is 16.4. The van der Waals surface area contributed by atoms with Crippen LogP contribution in [0.3, 0.4) is 0 Å². The average Bonchev–Trinajstić information content (AvgIpc) is 3.23. The van der Waals surface area contributed by atoms with Crippen molar-refractivity contribution in [3.63, 3.8) is 0 Å². The van der Waals surface area contributed by atoms with Gasteiger partial charge in [-0.25, -0.2) is 24.1 Å². The lowest BCUT2D eigenvalue weighted by Gasteiger charge is -2.10. The van der Waals surface area contributed by atoms with Crippen molar-refractivity contribution in [3.05, 3.63) is 67.3 Å². The molecule has 3 aromatic heterocycles. The van der Waals surface area contributed by atoms with Crippen molar-refractivity contribution < 1.29 is 22.4 Å². The second-order valence-corrected chi connectivity index (χ2v) is 8.44. The van der Waals surface area contributed by atoms with E-state index in [0.717, 1.165) is 28.0 Å². The summed E-state index contributed by atoms with van der Waals surface area (Å²) in [5, 5.41) is 4.12. The van der Waals surface area contributed by atoms with Crippen molar-refractivity contribution in [2.75, 3.05) is 5.32 Å². The number of thiazole rings is 1. The number of carbonyl (C=O) groups excluding carboxylic acids is 1.